The zero-order valence-corrected chi connectivity index (χ0v) is 8.15. The number of pyridine rings is 1. The summed E-state index contributed by atoms with van der Waals surface area (Å²) in [6.07, 6.45) is 7.66. The molecule has 1 aromatic heterocycles. The van der Waals surface area contributed by atoms with Gasteiger partial charge < -0.3 is 4.84 Å². The quantitative estimate of drug-likeness (QED) is 0.672. The summed E-state index contributed by atoms with van der Waals surface area (Å²) in [6, 6.07) is 5.57. The van der Waals surface area contributed by atoms with Crippen molar-refractivity contribution >= 4 is 5.71 Å². The van der Waals surface area contributed by atoms with Gasteiger partial charge in [-0.1, -0.05) is 17.6 Å². The Bertz CT molecular complexity index is 300. The minimum Gasteiger partial charge on any atom is -0.337 e. The smallest absolute Gasteiger partial charge is 0.248 e. The number of hydrogen-bond acceptors (Lipinski definition) is 3. The van der Waals surface area contributed by atoms with Crippen LogP contribution in [-0.4, -0.2) is 10.7 Å². The number of nitrogens with zero attached hydrogens (tertiary/aromatic N) is 2. The van der Waals surface area contributed by atoms with Crippen LogP contribution in [0.15, 0.2) is 29.6 Å². The number of oxime groups is 1. The lowest BCUT2D eigenvalue weighted by atomic mass is 9.99. The van der Waals surface area contributed by atoms with Gasteiger partial charge in [0.15, 0.2) is 0 Å². The molecule has 0 bridgehead atoms. The van der Waals surface area contributed by atoms with Crippen LogP contribution in [0.2, 0.25) is 0 Å². The third kappa shape index (κ3) is 2.55. The third-order valence-corrected chi connectivity index (χ3v) is 2.34. The van der Waals surface area contributed by atoms with Crippen LogP contribution in [0, 0.1) is 0 Å². The average molecular weight is 190 g/mol. The molecule has 3 nitrogen and oxygen atoms in total. The van der Waals surface area contributed by atoms with Gasteiger partial charge in [0, 0.05) is 12.3 Å². The van der Waals surface area contributed by atoms with Crippen LogP contribution in [0.25, 0.3) is 0 Å². The molecule has 1 fully saturated rings. The maximum Gasteiger partial charge on any atom is 0.248 e. The molecule has 0 unspecified atom stereocenters. The fourth-order valence-corrected chi connectivity index (χ4v) is 1.56. The molecule has 0 aromatic carbocycles. The van der Waals surface area contributed by atoms with Crippen LogP contribution in [0.4, 0.5) is 0 Å². The first kappa shape index (κ1) is 9.19. The van der Waals surface area contributed by atoms with Crippen LogP contribution in [0.1, 0.15) is 32.1 Å². The van der Waals surface area contributed by atoms with Gasteiger partial charge >= 0.3 is 0 Å². The molecule has 1 heterocycles. The van der Waals surface area contributed by atoms with E-state index in [0.29, 0.717) is 5.88 Å². The summed E-state index contributed by atoms with van der Waals surface area (Å²) in [6.45, 7) is 0. The highest BCUT2D eigenvalue weighted by Gasteiger charge is 2.07. The van der Waals surface area contributed by atoms with Crippen LogP contribution in [0.3, 0.4) is 0 Å². The molecule has 0 saturated heterocycles. The number of aromatic nitrogens is 1. The summed E-state index contributed by atoms with van der Waals surface area (Å²) >= 11 is 0. The zero-order chi connectivity index (χ0) is 9.64. The van der Waals surface area contributed by atoms with Crippen LogP contribution < -0.4 is 4.84 Å². The Morgan fingerprint density at radius 3 is 2.71 bits per heavy atom. The summed E-state index contributed by atoms with van der Waals surface area (Å²) in [5.74, 6) is 0.575. The van der Waals surface area contributed by atoms with E-state index in [2.05, 4.69) is 10.1 Å². The first-order valence-corrected chi connectivity index (χ1v) is 5.09. The molecule has 1 aliphatic carbocycles. The van der Waals surface area contributed by atoms with Gasteiger partial charge in [0.1, 0.15) is 0 Å². The van der Waals surface area contributed by atoms with Gasteiger partial charge in [0.25, 0.3) is 0 Å². The lowest BCUT2D eigenvalue weighted by Crippen LogP contribution is -2.06. The number of hydrogen-bond donors (Lipinski definition) is 0. The summed E-state index contributed by atoms with van der Waals surface area (Å²) in [7, 11) is 0. The molecule has 0 N–H and O–H groups in total. The lowest BCUT2D eigenvalue weighted by Gasteiger charge is -2.10. The summed E-state index contributed by atoms with van der Waals surface area (Å²) in [5.41, 5.74) is 1.17. The van der Waals surface area contributed by atoms with E-state index in [1.807, 2.05) is 18.2 Å². The van der Waals surface area contributed by atoms with Gasteiger partial charge in [0.2, 0.25) is 5.88 Å². The second kappa shape index (κ2) is 4.74. The fourth-order valence-electron chi connectivity index (χ4n) is 1.56. The van der Waals surface area contributed by atoms with Gasteiger partial charge in [-0.15, -0.1) is 0 Å². The molecule has 14 heavy (non-hydrogen) atoms. The van der Waals surface area contributed by atoms with Crippen molar-refractivity contribution in [3.8, 4) is 5.88 Å². The summed E-state index contributed by atoms with van der Waals surface area (Å²) < 4.78 is 0. The molecule has 2 rings (SSSR count). The minimum absolute atomic E-state index is 0.575. The molecular formula is C11H14N2O. The van der Waals surface area contributed by atoms with E-state index in [1.54, 1.807) is 6.20 Å². The van der Waals surface area contributed by atoms with Crippen LogP contribution in [0.5, 0.6) is 5.88 Å². The number of rotatable bonds is 2. The van der Waals surface area contributed by atoms with Gasteiger partial charge in [-0.2, -0.15) is 0 Å². The lowest BCUT2D eigenvalue weighted by molar-refractivity contribution is 0.323. The highest BCUT2D eigenvalue weighted by molar-refractivity contribution is 5.84. The highest BCUT2D eigenvalue weighted by atomic mass is 16.6. The Hall–Kier alpha value is -1.38. The predicted molar refractivity (Wildman–Crippen MR) is 55.4 cm³/mol. The van der Waals surface area contributed by atoms with E-state index in [4.69, 9.17) is 4.84 Å². The predicted octanol–water partition coefficient (Wildman–Crippen LogP) is 2.78. The Labute approximate surface area is 83.8 Å². The highest BCUT2D eigenvalue weighted by Crippen LogP contribution is 2.15. The largest absolute Gasteiger partial charge is 0.337 e. The molecule has 0 atom stereocenters. The van der Waals surface area contributed by atoms with Gasteiger partial charge in [-0.25, -0.2) is 4.98 Å². The molecule has 1 saturated carbocycles. The minimum atomic E-state index is 0.575. The van der Waals surface area contributed by atoms with E-state index in [-0.39, 0.29) is 0 Å². The molecule has 3 heteroatoms. The average Bonchev–Trinajstić information content (AvgIpc) is 2.29. The van der Waals surface area contributed by atoms with E-state index in [0.717, 1.165) is 12.8 Å². The first-order valence-electron chi connectivity index (χ1n) is 5.09. The van der Waals surface area contributed by atoms with E-state index in [1.165, 1.54) is 25.0 Å². The van der Waals surface area contributed by atoms with Gasteiger partial charge in [0.05, 0.1) is 5.71 Å². The SMILES string of the molecule is c1ccc(ON=C2CCCCC2)nc1. The zero-order valence-electron chi connectivity index (χ0n) is 8.15. The molecule has 0 aliphatic heterocycles. The molecule has 0 spiro atoms. The second-order valence-corrected chi connectivity index (χ2v) is 3.48. The van der Waals surface area contributed by atoms with Crippen LogP contribution in [-0.2, 0) is 0 Å². The van der Waals surface area contributed by atoms with Crippen molar-refractivity contribution in [2.75, 3.05) is 0 Å². The monoisotopic (exact) mass is 190 g/mol. The van der Waals surface area contributed by atoms with Crippen molar-refractivity contribution in [1.29, 1.82) is 0 Å². The Morgan fingerprint density at radius 1 is 1.14 bits per heavy atom. The van der Waals surface area contributed by atoms with Crippen LogP contribution >= 0.6 is 0 Å². The van der Waals surface area contributed by atoms with Crippen molar-refractivity contribution in [1.82, 2.24) is 4.98 Å². The Balaban J connectivity index is 1.92. The molecular weight excluding hydrogens is 176 g/mol. The van der Waals surface area contributed by atoms with Gasteiger partial charge in [-0.05, 0) is 31.7 Å². The summed E-state index contributed by atoms with van der Waals surface area (Å²) in [4.78, 5) is 9.26. The maximum atomic E-state index is 5.22. The third-order valence-electron chi connectivity index (χ3n) is 2.34. The van der Waals surface area contributed by atoms with E-state index in [9.17, 15) is 0 Å². The van der Waals surface area contributed by atoms with Crippen molar-refractivity contribution in [2.45, 2.75) is 32.1 Å². The van der Waals surface area contributed by atoms with Crippen molar-refractivity contribution in [3.63, 3.8) is 0 Å². The van der Waals surface area contributed by atoms with Gasteiger partial charge in [-0.3, -0.25) is 0 Å². The second-order valence-electron chi connectivity index (χ2n) is 3.48. The summed E-state index contributed by atoms with van der Waals surface area (Å²) in [5, 5.41) is 4.11. The Kier molecular flexibility index (Phi) is 3.11. The molecule has 0 amide bonds. The van der Waals surface area contributed by atoms with E-state index >= 15 is 0 Å². The van der Waals surface area contributed by atoms with Crippen molar-refractivity contribution in [2.24, 2.45) is 5.16 Å². The molecule has 1 aromatic rings. The Morgan fingerprint density at radius 2 is 2.00 bits per heavy atom. The first-order chi connectivity index (χ1) is 6.95. The fraction of sp³-hybridized carbons (Fsp3) is 0.455. The molecule has 0 radical (unpaired) electrons. The molecule has 74 valence electrons. The molecule has 1 aliphatic rings. The topological polar surface area (TPSA) is 34.5 Å². The standard InChI is InChI=1S/C11H14N2O/c1-2-6-10(7-3-1)13-14-11-8-4-5-9-12-11/h4-5,8-9H,1-3,6-7H2. The van der Waals surface area contributed by atoms with Crippen molar-refractivity contribution in [3.05, 3.63) is 24.4 Å². The maximum absolute atomic E-state index is 5.22. The normalized spacial score (nSPS) is 16.4. The van der Waals surface area contributed by atoms with Crippen molar-refractivity contribution < 1.29 is 4.84 Å². The van der Waals surface area contributed by atoms with E-state index < -0.39 is 0 Å².